The van der Waals surface area contributed by atoms with Crippen LogP contribution in [0.5, 0.6) is 23.0 Å². The summed E-state index contributed by atoms with van der Waals surface area (Å²) >= 11 is 0. The van der Waals surface area contributed by atoms with Gasteiger partial charge < -0.3 is 25.0 Å². The molecular weight excluding hydrogens is 370 g/mol. The van der Waals surface area contributed by atoms with Gasteiger partial charge in [-0.05, 0) is 54.3 Å². The predicted molar refractivity (Wildman–Crippen MR) is 114 cm³/mol. The second-order valence-corrected chi connectivity index (χ2v) is 6.66. The predicted octanol–water partition coefficient (Wildman–Crippen LogP) is 4.05. The first-order valence-electron chi connectivity index (χ1n) is 9.81. The van der Waals surface area contributed by atoms with E-state index in [4.69, 9.17) is 9.47 Å². The van der Waals surface area contributed by atoms with Gasteiger partial charge in [0.15, 0.2) is 23.0 Å². The third-order valence-corrected chi connectivity index (χ3v) is 4.37. The number of ether oxygens (including phenoxy) is 2. The Morgan fingerprint density at radius 1 is 1.07 bits per heavy atom. The molecule has 6 nitrogen and oxygen atoms in total. The minimum Gasteiger partial charge on any atom is -0.504 e. The van der Waals surface area contributed by atoms with E-state index in [0.29, 0.717) is 31.1 Å². The topological polar surface area (TPSA) is 88.0 Å². The van der Waals surface area contributed by atoms with Crippen LogP contribution in [0.25, 0.3) is 6.08 Å². The summed E-state index contributed by atoms with van der Waals surface area (Å²) < 4.78 is 11.1. The van der Waals surface area contributed by atoms with Gasteiger partial charge in [-0.3, -0.25) is 4.79 Å². The highest BCUT2D eigenvalue weighted by atomic mass is 16.5. The van der Waals surface area contributed by atoms with E-state index in [2.05, 4.69) is 12.2 Å². The Morgan fingerprint density at radius 2 is 1.90 bits per heavy atom. The molecule has 0 bridgehead atoms. The maximum Gasteiger partial charge on any atom is 0.244 e. The van der Waals surface area contributed by atoms with Gasteiger partial charge in [0, 0.05) is 12.6 Å². The molecule has 0 saturated heterocycles. The summed E-state index contributed by atoms with van der Waals surface area (Å²) in [6.45, 7) is 3.19. The average molecular weight is 399 g/mol. The monoisotopic (exact) mass is 399 g/mol. The van der Waals surface area contributed by atoms with E-state index in [1.165, 1.54) is 18.2 Å². The Morgan fingerprint density at radius 3 is 2.62 bits per heavy atom. The van der Waals surface area contributed by atoms with E-state index in [1.807, 2.05) is 18.2 Å². The zero-order valence-electron chi connectivity index (χ0n) is 17.0. The number of aromatic hydroxyl groups is 2. The van der Waals surface area contributed by atoms with Crippen LogP contribution in [0.4, 0.5) is 0 Å². The van der Waals surface area contributed by atoms with Gasteiger partial charge in [0.2, 0.25) is 5.91 Å². The molecule has 0 aliphatic carbocycles. The fraction of sp³-hybridized carbons (Fsp3) is 0.348. The van der Waals surface area contributed by atoms with Crippen LogP contribution < -0.4 is 14.8 Å². The first kappa shape index (κ1) is 22.1. The van der Waals surface area contributed by atoms with Crippen LogP contribution in [0.3, 0.4) is 0 Å². The van der Waals surface area contributed by atoms with Crippen LogP contribution in [-0.4, -0.2) is 36.4 Å². The molecule has 3 N–H and O–H groups in total. The van der Waals surface area contributed by atoms with Crippen LogP contribution in [0.15, 0.2) is 42.5 Å². The molecule has 0 aliphatic heterocycles. The van der Waals surface area contributed by atoms with Crippen molar-refractivity contribution >= 4 is 12.0 Å². The number of carbonyl (C=O) groups is 1. The van der Waals surface area contributed by atoms with E-state index in [0.717, 1.165) is 30.4 Å². The van der Waals surface area contributed by atoms with Crippen molar-refractivity contribution in [3.05, 3.63) is 53.6 Å². The number of phenols is 2. The van der Waals surface area contributed by atoms with Crippen molar-refractivity contribution in [2.24, 2.45) is 0 Å². The number of carbonyl (C=O) groups excluding carboxylic acids is 1. The maximum atomic E-state index is 12.0. The quantitative estimate of drug-likeness (QED) is 0.301. The lowest BCUT2D eigenvalue weighted by Crippen LogP contribution is -2.23. The van der Waals surface area contributed by atoms with E-state index < -0.39 is 0 Å². The molecule has 0 atom stereocenters. The minimum absolute atomic E-state index is 0.158. The standard InChI is InChI=1S/C23H29NO5/c1-3-4-5-14-29-22-16-17(7-10-21(22)28-2)8-11-23(27)24-13-12-18-6-9-19(25)20(26)15-18/h6-11,15-16,25-26H,3-5,12-14H2,1-2H3,(H,24,27)/b11-8+. The van der Waals surface area contributed by atoms with Gasteiger partial charge in [0.05, 0.1) is 13.7 Å². The van der Waals surface area contributed by atoms with Crippen molar-refractivity contribution in [1.82, 2.24) is 5.32 Å². The highest BCUT2D eigenvalue weighted by molar-refractivity contribution is 5.91. The maximum absolute atomic E-state index is 12.0. The molecule has 0 aliphatic rings. The van der Waals surface area contributed by atoms with Crippen LogP contribution >= 0.6 is 0 Å². The SMILES string of the molecule is CCCCCOc1cc(/C=C/C(=O)NCCc2ccc(O)c(O)c2)ccc1OC. The molecule has 0 radical (unpaired) electrons. The summed E-state index contributed by atoms with van der Waals surface area (Å²) in [5.41, 5.74) is 1.67. The summed E-state index contributed by atoms with van der Waals surface area (Å²) in [6.07, 6.45) is 6.97. The smallest absolute Gasteiger partial charge is 0.244 e. The van der Waals surface area contributed by atoms with Crippen LogP contribution in [0.1, 0.15) is 37.3 Å². The highest BCUT2D eigenvalue weighted by Gasteiger charge is 2.05. The number of nitrogens with one attached hydrogen (secondary N) is 1. The van der Waals surface area contributed by atoms with Gasteiger partial charge in [-0.25, -0.2) is 0 Å². The zero-order valence-corrected chi connectivity index (χ0v) is 17.0. The fourth-order valence-electron chi connectivity index (χ4n) is 2.73. The summed E-state index contributed by atoms with van der Waals surface area (Å²) in [7, 11) is 1.60. The van der Waals surface area contributed by atoms with Gasteiger partial charge in [0.1, 0.15) is 0 Å². The lowest BCUT2D eigenvalue weighted by Gasteiger charge is -2.11. The van der Waals surface area contributed by atoms with Crippen molar-refractivity contribution in [2.45, 2.75) is 32.6 Å². The first-order chi connectivity index (χ1) is 14.0. The second kappa shape index (κ2) is 11.6. The van der Waals surface area contributed by atoms with E-state index >= 15 is 0 Å². The Hall–Kier alpha value is -3.15. The van der Waals surface area contributed by atoms with Crippen LogP contribution in [0.2, 0.25) is 0 Å². The van der Waals surface area contributed by atoms with Crippen LogP contribution in [0, 0.1) is 0 Å². The van der Waals surface area contributed by atoms with Crippen molar-refractivity contribution in [2.75, 3.05) is 20.3 Å². The molecule has 0 fully saturated rings. The number of unbranched alkanes of at least 4 members (excludes halogenated alkanes) is 2. The summed E-state index contributed by atoms with van der Waals surface area (Å²) in [5.74, 6) is 0.794. The zero-order chi connectivity index (χ0) is 21.1. The number of hydrogen-bond acceptors (Lipinski definition) is 5. The third kappa shape index (κ3) is 7.41. The lowest BCUT2D eigenvalue weighted by atomic mass is 10.1. The van der Waals surface area contributed by atoms with E-state index in [9.17, 15) is 15.0 Å². The Balaban J connectivity index is 1.87. The summed E-state index contributed by atoms with van der Waals surface area (Å²) in [5, 5.41) is 21.6. The van der Waals surface area contributed by atoms with Gasteiger partial charge >= 0.3 is 0 Å². The molecule has 0 aromatic heterocycles. The molecule has 156 valence electrons. The van der Waals surface area contributed by atoms with Gasteiger partial charge in [-0.1, -0.05) is 31.9 Å². The number of phenolic OH excluding ortho intramolecular Hbond substituents is 2. The molecule has 0 heterocycles. The Kier molecular flexibility index (Phi) is 8.89. The van der Waals surface area contributed by atoms with E-state index in [1.54, 1.807) is 19.3 Å². The van der Waals surface area contributed by atoms with Crippen LogP contribution in [-0.2, 0) is 11.2 Å². The Bertz CT molecular complexity index is 832. The van der Waals surface area contributed by atoms with Gasteiger partial charge in [-0.2, -0.15) is 0 Å². The lowest BCUT2D eigenvalue weighted by molar-refractivity contribution is -0.116. The molecule has 6 heteroatoms. The minimum atomic E-state index is -0.214. The molecule has 2 aromatic rings. The molecule has 29 heavy (non-hydrogen) atoms. The first-order valence-corrected chi connectivity index (χ1v) is 9.81. The fourth-order valence-corrected chi connectivity index (χ4v) is 2.73. The van der Waals surface area contributed by atoms with Crippen molar-refractivity contribution < 1.29 is 24.5 Å². The van der Waals surface area contributed by atoms with Crippen molar-refractivity contribution in [3.8, 4) is 23.0 Å². The normalized spacial score (nSPS) is 10.8. The van der Waals surface area contributed by atoms with Crippen molar-refractivity contribution in [1.29, 1.82) is 0 Å². The molecule has 0 saturated carbocycles. The van der Waals surface area contributed by atoms with E-state index in [-0.39, 0.29) is 17.4 Å². The second-order valence-electron chi connectivity index (χ2n) is 6.66. The molecule has 1 amide bonds. The Labute approximate surface area is 171 Å². The number of benzene rings is 2. The van der Waals surface area contributed by atoms with Gasteiger partial charge in [-0.15, -0.1) is 0 Å². The molecule has 0 unspecified atom stereocenters. The molecule has 0 spiro atoms. The number of amides is 1. The average Bonchev–Trinajstić information content (AvgIpc) is 2.72. The largest absolute Gasteiger partial charge is 0.504 e. The number of hydrogen-bond donors (Lipinski definition) is 3. The highest BCUT2D eigenvalue weighted by Crippen LogP contribution is 2.29. The summed E-state index contributed by atoms with van der Waals surface area (Å²) in [4.78, 5) is 12.0. The third-order valence-electron chi connectivity index (χ3n) is 4.37. The number of rotatable bonds is 11. The molecule has 2 rings (SSSR count). The molecular formula is C23H29NO5. The molecule has 2 aromatic carbocycles. The van der Waals surface area contributed by atoms with Gasteiger partial charge in [0.25, 0.3) is 0 Å². The summed E-state index contributed by atoms with van der Waals surface area (Å²) in [6, 6.07) is 10.2. The number of methoxy groups -OCH3 is 1. The van der Waals surface area contributed by atoms with Crippen molar-refractivity contribution in [3.63, 3.8) is 0 Å².